The zero-order valence-corrected chi connectivity index (χ0v) is 12.5. The smallest absolute Gasteiger partial charge is 0.253 e. The van der Waals surface area contributed by atoms with Gasteiger partial charge in [0.25, 0.3) is 5.91 Å². The van der Waals surface area contributed by atoms with Crippen LogP contribution < -0.4 is 5.32 Å². The minimum Gasteiger partial charge on any atom is -0.358 e. The lowest BCUT2D eigenvalue weighted by Crippen LogP contribution is -2.38. The summed E-state index contributed by atoms with van der Waals surface area (Å²) in [5.41, 5.74) is 3.78. The first kappa shape index (κ1) is 13.9. The number of hydrogen-bond donors (Lipinski definition) is 2. The quantitative estimate of drug-likeness (QED) is 0.764. The maximum Gasteiger partial charge on any atom is 0.253 e. The average Bonchev–Trinajstić information content (AvgIpc) is 2.93. The predicted molar refractivity (Wildman–Crippen MR) is 85.8 cm³/mol. The summed E-state index contributed by atoms with van der Waals surface area (Å²) in [7, 11) is 0. The monoisotopic (exact) mass is 309 g/mol. The van der Waals surface area contributed by atoms with Crippen molar-refractivity contribution in [3.8, 4) is 0 Å². The van der Waals surface area contributed by atoms with Crippen molar-refractivity contribution in [2.75, 3.05) is 0 Å². The minimum absolute atomic E-state index is 0.0532. The zero-order chi connectivity index (χ0) is 15.8. The summed E-state index contributed by atoms with van der Waals surface area (Å²) >= 11 is 0. The van der Waals surface area contributed by atoms with Crippen LogP contribution in [0.5, 0.6) is 0 Å². The topological polar surface area (TPSA) is 57.8 Å². The first-order valence-corrected chi connectivity index (χ1v) is 7.70. The largest absolute Gasteiger partial charge is 0.358 e. The minimum atomic E-state index is -0.235. The number of halogens is 1. The Hall–Kier alpha value is -2.69. The lowest BCUT2D eigenvalue weighted by Gasteiger charge is -2.23. The van der Waals surface area contributed by atoms with E-state index in [0.717, 1.165) is 35.0 Å². The van der Waals surface area contributed by atoms with E-state index in [-0.39, 0.29) is 17.8 Å². The Morgan fingerprint density at radius 3 is 3.09 bits per heavy atom. The molecule has 2 heterocycles. The molecule has 23 heavy (non-hydrogen) atoms. The second-order valence-corrected chi connectivity index (χ2v) is 5.93. The predicted octanol–water partition coefficient (Wildman–Crippen LogP) is 2.99. The maximum atomic E-state index is 13.5. The number of aromatic amines is 1. The molecule has 1 aromatic carbocycles. The highest BCUT2D eigenvalue weighted by Gasteiger charge is 2.24. The molecular weight excluding hydrogens is 293 g/mol. The standard InChI is InChI=1S/C18H16FN3O/c19-12-3-5-16-14(8-12)15-9-13(4-6-17(15)22-16)21-18(23)11-2-1-7-20-10-11/h1-3,5,7-8,10,13,22H,4,6,9H2,(H,21,23). The van der Waals surface area contributed by atoms with Crippen molar-refractivity contribution >= 4 is 16.8 Å². The Balaban J connectivity index is 1.57. The number of rotatable bonds is 2. The fourth-order valence-corrected chi connectivity index (χ4v) is 3.28. The summed E-state index contributed by atoms with van der Waals surface area (Å²) in [4.78, 5) is 19.6. The van der Waals surface area contributed by atoms with Gasteiger partial charge >= 0.3 is 0 Å². The van der Waals surface area contributed by atoms with Gasteiger partial charge in [0.15, 0.2) is 0 Å². The zero-order valence-electron chi connectivity index (χ0n) is 12.5. The number of pyridine rings is 1. The Morgan fingerprint density at radius 2 is 2.26 bits per heavy atom. The summed E-state index contributed by atoms with van der Waals surface area (Å²) in [6.07, 6.45) is 5.64. The molecule has 1 aliphatic rings. The molecule has 0 radical (unpaired) electrons. The van der Waals surface area contributed by atoms with E-state index in [1.807, 2.05) is 0 Å². The summed E-state index contributed by atoms with van der Waals surface area (Å²) in [5.74, 6) is -0.349. The van der Waals surface area contributed by atoms with Gasteiger partial charge in [0.1, 0.15) is 5.82 Å². The van der Waals surface area contributed by atoms with Gasteiger partial charge in [-0.1, -0.05) is 0 Å². The van der Waals surface area contributed by atoms with Crippen molar-refractivity contribution < 1.29 is 9.18 Å². The van der Waals surface area contributed by atoms with Crippen LogP contribution in [0, 0.1) is 5.82 Å². The molecule has 2 aromatic heterocycles. The van der Waals surface area contributed by atoms with E-state index in [1.54, 1.807) is 36.7 Å². The Kier molecular flexibility index (Phi) is 3.33. The van der Waals surface area contributed by atoms with Crippen molar-refractivity contribution in [3.63, 3.8) is 0 Å². The lowest BCUT2D eigenvalue weighted by atomic mass is 9.91. The molecule has 4 nitrogen and oxygen atoms in total. The van der Waals surface area contributed by atoms with Crippen LogP contribution in [0.4, 0.5) is 4.39 Å². The van der Waals surface area contributed by atoms with E-state index in [2.05, 4.69) is 15.3 Å². The molecule has 3 aromatic rings. The Bertz CT molecular complexity index is 873. The van der Waals surface area contributed by atoms with Gasteiger partial charge in [0, 0.05) is 35.0 Å². The second-order valence-electron chi connectivity index (χ2n) is 5.93. The van der Waals surface area contributed by atoms with Crippen LogP contribution in [0.3, 0.4) is 0 Å². The molecule has 0 spiro atoms. The first-order chi connectivity index (χ1) is 11.2. The third kappa shape index (κ3) is 2.59. The number of carbonyl (C=O) groups excluding carboxylic acids is 1. The van der Waals surface area contributed by atoms with Crippen LogP contribution in [-0.2, 0) is 12.8 Å². The molecule has 1 aliphatic carbocycles. The highest BCUT2D eigenvalue weighted by molar-refractivity contribution is 5.94. The van der Waals surface area contributed by atoms with E-state index in [9.17, 15) is 9.18 Å². The number of nitrogens with one attached hydrogen (secondary N) is 2. The van der Waals surface area contributed by atoms with Gasteiger partial charge < -0.3 is 10.3 Å². The average molecular weight is 309 g/mol. The molecule has 1 atom stereocenters. The number of nitrogens with zero attached hydrogens (tertiary/aromatic N) is 1. The maximum absolute atomic E-state index is 13.5. The molecule has 1 amide bonds. The molecule has 2 N–H and O–H groups in total. The molecule has 0 saturated heterocycles. The number of benzene rings is 1. The number of aromatic nitrogens is 2. The molecule has 5 heteroatoms. The number of hydrogen-bond acceptors (Lipinski definition) is 2. The number of aryl methyl sites for hydroxylation is 1. The fraction of sp³-hybridized carbons (Fsp3) is 0.222. The van der Waals surface area contributed by atoms with Crippen LogP contribution in [0.25, 0.3) is 10.9 Å². The van der Waals surface area contributed by atoms with Gasteiger partial charge in [-0.05, 0) is 55.2 Å². The molecule has 0 saturated carbocycles. The number of amides is 1. The van der Waals surface area contributed by atoms with Gasteiger partial charge in [-0.25, -0.2) is 4.39 Å². The van der Waals surface area contributed by atoms with Crippen molar-refractivity contribution in [2.24, 2.45) is 0 Å². The van der Waals surface area contributed by atoms with Gasteiger partial charge in [0.2, 0.25) is 0 Å². The molecule has 0 bridgehead atoms. The first-order valence-electron chi connectivity index (χ1n) is 7.70. The van der Waals surface area contributed by atoms with Gasteiger partial charge in [0.05, 0.1) is 5.56 Å². The Morgan fingerprint density at radius 1 is 1.35 bits per heavy atom. The van der Waals surface area contributed by atoms with Crippen LogP contribution >= 0.6 is 0 Å². The molecule has 4 rings (SSSR count). The van der Waals surface area contributed by atoms with Crippen molar-refractivity contribution in [2.45, 2.75) is 25.3 Å². The van der Waals surface area contributed by atoms with E-state index in [4.69, 9.17) is 0 Å². The van der Waals surface area contributed by atoms with E-state index in [0.29, 0.717) is 12.0 Å². The third-order valence-corrected chi connectivity index (χ3v) is 4.41. The molecule has 0 fully saturated rings. The normalized spacial score (nSPS) is 17.0. The van der Waals surface area contributed by atoms with Gasteiger partial charge in [-0.2, -0.15) is 0 Å². The van der Waals surface area contributed by atoms with E-state index in [1.165, 1.54) is 6.07 Å². The summed E-state index contributed by atoms with van der Waals surface area (Å²) in [6, 6.07) is 8.35. The number of fused-ring (bicyclic) bond motifs is 3. The van der Waals surface area contributed by atoms with Crippen LogP contribution in [-0.4, -0.2) is 21.9 Å². The Labute approximate surface area is 132 Å². The van der Waals surface area contributed by atoms with Crippen LogP contribution in [0.2, 0.25) is 0 Å². The van der Waals surface area contributed by atoms with Crippen LogP contribution in [0.15, 0.2) is 42.7 Å². The second kappa shape index (κ2) is 5.50. The van der Waals surface area contributed by atoms with Crippen molar-refractivity contribution in [1.82, 2.24) is 15.3 Å². The van der Waals surface area contributed by atoms with Crippen LogP contribution in [0.1, 0.15) is 28.0 Å². The van der Waals surface area contributed by atoms with E-state index >= 15 is 0 Å². The summed E-state index contributed by atoms with van der Waals surface area (Å²) in [5, 5.41) is 3.98. The molecule has 0 aliphatic heterocycles. The highest BCUT2D eigenvalue weighted by Crippen LogP contribution is 2.29. The molecular formula is C18H16FN3O. The highest BCUT2D eigenvalue weighted by atomic mass is 19.1. The SMILES string of the molecule is O=C(NC1CCc2[nH]c3ccc(F)cc3c2C1)c1cccnc1. The van der Waals surface area contributed by atoms with Gasteiger partial charge in [-0.15, -0.1) is 0 Å². The molecule has 1 unspecified atom stereocenters. The number of H-pyrrole nitrogens is 1. The van der Waals surface area contributed by atoms with Gasteiger partial charge in [-0.3, -0.25) is 9.78 Å². The molecule has 116 valence electrons. The summed E-state index contributed by atoms with van der Waals surface area (Å²) in [6.45, 7) is 0. The fourth-order valence-electron chi connectivity index (χ4n) is 3.28. The van der Waals surface area contributed by atoms with Crippen molar-refractivity contribution in [3.05, 3.63) is 65.4 Å². The summed E-state index contributed by atoms with van der Waals surface area (Å²) < 4.78 is 13.5. The number of carbonyl (C=O) groups is 1. The van der Waals surface area contributed by atoms with E-state index < -0.39 is 0 Å². The lowest BCUT2D eigenvalue weighted by molar-refractivity contribution is 0.0933. The van der Waals surface area contributed by atoms with Crippen molar-refractivity contribution in [1.29, 1.82) is 0 Å². The third-order valence-electron chi connectivity index (χ3n) is 4.41.